The molecule has 162 valence electrons. The monoisotopic (exact) mass is 423 g/mol. The summed E-state index contributed by atoms with van der Waals surface area (Å²) in [6.07, 6.45) is -3.46. The Balaban J connectivity index is 1.51. The summed E-state index contributed by atoms with van der Waals surface area (Å²) in [5.74, 6) is -0.340. The minimum absolute atomic E-state index is 0.0984. The number of amides is 1. The fourth-order valence-corrected chi connectivity index (χ4v) is 3.88. The molecule has 0 aliphatic carbocycles. The van der Waals surface area contributed by atoms with E-state index < -0.39 is 24.2 Å². The SMILES string of the molecule is O=C(NCCN1CCOCC1)c1cnn2c1NC(c1ccccc1)CC2C(F)(F)F. The number of nitrogens with one attached hydrogen (secondary N) is 2. The van der Waals surface area contributed by atoms with E-state index in [1.165, 1.54) is 6.20 Å². The maximum atomic E-state index is 13.7. The van der Waals surface area contributed by atoms with Crippen LogP contribution < -0.4 is 10.6 Å². The number of carbonyl (C=O) groups is 1. The number of morpholine rings is 1. The van der Waals surface area contributed by atoms with Crippen LogP contribution in [0.5, 0.6) is 0 Å². The number of alkyl halides is 3. The van der Waals surface area contributed by atoms with Crippen molar-refractivity contribution >= 4 is 11.7 Å². The van der Waals surface area contributed by atoms with Crippen molar-refractivity contribution in [1.29, 1.82) is 0 Å². The van der Waals surface area contributed by atoms with Gasteiger partial charge in [-0.1, -0.05) is 30.3 Å². The van der Waals surface area contributed by atoms with Crippen LogP contribution in [0.25, 0.3) is 0 Å². The molecule has 1 aromatic heterocycles. The summed E-state index contributed by atoms with van der Waals surface area (Å²) >= 11 is 0. The fraction of sp³-hybridized carbons (Fsp3) is 0.500. The number of hydrogen-bond acceptors (Lipinski definition) is 5. The molecule has 1 saturated heterocycles. The van der Waals surface area contributed by atoms with Crippen molar-refractivity contribution in [3.05, 3.63) is 47.7 Å². The van der Waals surface area contributed by atoms with Gasteiger partial charge in [0.2, 0.25) is 0 Å². The predicted molar refractivity (Wildman–Crippen MR) is 104 cm³/mol. The van der Waals surface area contributed by atoms with Gasteiger partial charge >= 0.3 is 6.18 Å². The number of nitrogens with zero attached hydrogens (tertiary/aromatic N) is 3. The van der Waals surface area contributed by atoms with Gasteiger partial charge < -0.3 is 15.4 Å². The van der Waals surface area contributed by atoms with Crippen LogP contribution in [0, 0.1) is 0 Å². The second kappa shape index (κ2) is 8.65. The van der Waals surface area contributed by atoms with Gasteiger partial charge in [-0.2, -0.15) is 18.3 Å². The lowest BCUT2D eigenvalue weighted by Crippen LogP contribution is -2.41. The molecule has 2 unspecified atom stereocenters. The average Bonchev–Trinajstić information content (AvgIpc) is 3.17. The van der Waals surface area contributed by atoms with Crippen molar-refractivity contribution in [3.63, 3.8) is 0 Å². The van der Waals surface area contributed by atoms with E-state index in [-0.39, 0.29) is 17.8 Å². The lowest BCUT2D eigenvalue weighted by Gasteiger charge is -2.34. The Morgan fingerprint density at radius 1 is 1.23 bits per heavy atom. The predicted octanol–water partition coefficient (Wildman–Crippen LogP) is 2.61. The summed E-state index contributed by atoms with van der Waals surface area (Å²) in [6, 6.07) is 6.56. The van der Waals surface area contributed by atoms with Crippen molar-refractivity contribution in [2.24, 2.45) is 0 Å². The van der Waals surface area contributed by atoms with Gasteiger partial charge in [0.25, 0.3) is 5.91 Å². The highest BCUT2D eigenvalue weighted by atomic mass is 19.4. The summed E-state index contributed by atoms with van der Waals surface area (Å²) in [6.45, 7) is 3.97. The van der Waals surface area contributed by atoms with E-state index in [2.05, 4.69) is 20.6 Å². The van der Waals surface area contributed by atoms with Crippen LogP contribution in [-0.2, 0) is 4.74 Å². The molecule has 3 heterocycles. The first kappa shape index (κ1) is 20.7. The summed E-state index contributed by atoms with van der Waals surface area (Å²) in [4.78, 5) is 14.9. The van der Waals surface area contributed by atoms with Crippen molar-refractivity contribution in [1.82, 2.24) is 20.0 Å². The molecule has 1 fully saturated rings. The zero-order valence-electron chi connectivity index (χ0n) is 16.4. The highest BCUT2D eigenvalue weighted by molar-refractivity contribution is 5.98. The van der Waals surface area contributed by atoms with E-state index in [1.807, 2.05) is 6.07 Å². The average molecular weight is 423 g/mol. The first-order valence-electron chi connectivity index (χ1n) is 9.97. The molecule has 2 aliphatic heterocycles. The molecule has 7 nitrogen and oxygen atoms in total. The van der Waals surface area contributed by atoms with Gasteiger partial charge in [0.1, 0.15) is 11.4 Å². The van der Waals surface area contributed by atoms with Crippen molar-refractivity contribution in [3.8, 4) is 0 Å². The number of hydrogen-bond donors (Lipinski definition) is 2. The van der Waals surface area contributed by atoms with Crippen LogP contribution in [-0.4, -0.2) is 66.2 Å². The maximum absolute atomic E-state index is 13.7. The molecule has 10 heteroatoms. The third-order valence-corrected chi connectivity index (χ3v) is 5.50. The Bertz CT molecular complexity index is 865. The number of rotatable bonds is 5. The lowest BCUT2D eigenvalue weighted by molar-refractivity contribution is -0.173. The van der Waals surface area contributed by atoms with Gasteiger partial charge in [0, 0.05) is 32.6 Å². The second-order valence-corrected chi connectivity index (χ2v) is 7.46. The van der Waals surface area contributed by atoms with E-state index in [9.17, 15) is 18.0 Å². The first-order chi connectivity index (χ1) is 14.4. The standard InChI is InChI=1S/C20H24F3N5O2/c21-20(22,23)17-12-16(14-4-2-1-3-5-14)26-18-15(13-25-28(17)18)19(29)24-6-7-27-8-10-30-11-9-27/h1-5,13,16-17,26H,6-12H2,(H,24,29). The highest BCUT2D eigenvalue weighted by Crippen LogP contribution is 2.44. The summed E-state index contributed by atoms with van der Waals surface area (Å²) < 4.78 is 47.3. The van der Waals surface area contributed by atoms with Gasteiger partial charge in [-0.05, 0) is 5.56 Å². The largest absolute Gasteiger partial charge is 0.410 e. The molecule has 0 spiro atoms. The number of fused-ring (bicyclic) bond motifs is 1. The lowest BCUT2D eigenvalue weighted by atomic mass is 9.96. The zero-order valence-corrected chi connectivity index (χ0v) is 16.4. The van der Waals surface area contributed by atoms with Crippen LogP contribution in [0.3, 0.4) is 0 Å². The van der Waals surface area contributed by atoms with E-state index in [0.29, 0.717) is 26.3 Å². The molecule has 30 heavy (non-hydrogen) atoms. The molecule has 2 aromatic rings. The molecule has 2 aliphatic rings. The van der Waals surface area contributed by atoms with Crippen LogP contribution >= 0.6 is 0 Å². The molecule has 4 rings (SSSR count). The Morgan fingerprint density at radius 3 is 2.67 bits per heavy atom. The minimum Gasteiger partial charge on any atom is -0.379 e. The quantitative estimate of drug-likeness (QED) is 0.774. The molecule has 1 aromatic carbocycles. The summed E-state index contributed by atoms with van der Waals surface area (Å²) in [7, 11) is 0. The van der Waals surface area contributed by atoms with Gasteiger partial charge in [0.05, 0.1) is 25.5 Å². The molecule has 0 radical (unpaired) electrons. The molecular formula is C20H24F3N5O2. The topological polar surface area (TPSA) is 71.4 Å². The van der Waals surface area contributed by atoms with Crippen molar-refractivity contribution < 1.29 is 22.7 Å². The number of aromatic nitrogens is 2. The van der Waals surface area contributed by atoms with E-state index in [4.69, 9.17) is 4.74 Å². The van der Waals surface area contributed by atoms with Gasteiger partial charge in [-0.25, -0.2) is 4.68 Å². The zero-order chi connectivity index (χ0) is 21.1. The normalized spacial score (nSPS) is 22.2. The van der Waals surface area contributed by atoms with Crippen molar-refractivity contribution in [2.75, 3.05) is 44.7 Å². The number of benzene rings is 1. The first-order valence-corrected chi connectivity index (χ1v) is 9.97. The molecule has 2 atom stereocenters. The van der Waals surface area contributed by atoms with Gasteiger partial charge in [0.15, 0.2) is 6.04 Å². The van der Waals surface area contributed by atoms with Crippen LogP contribution in [0.15, 0.2) is 36.5 Å². The smallest absolute Gasteiger partial charge is 0.379 e. The molecule has 2 N–H and O–H groups in total. The van der Waals surface area contributed by atoms with E-state index in [0.717, 1.165) is 23.3 Å². The maximum Gasteiger partial charge on any atom is 0.410 e. The van der Waals surface area contributed by atoms with E-state index in [1.54, 1.807) is 24.3 Å². The molecular weight excluding hydrogens is 399 g/mol. The number of ether oxygens (including phenoxy) is 1. The van der Waals surface area contributed by atoms with Crippen molar-refractivity contribution in [2.45, 2.75) is 24.7 Å². The Hall–Kier alpha value is -2.59. The minimum atomic E-state index is -4.47. The fourth-order valence-electron chi connectivity index (χ4n) is 3.88. The third kappa shape index (κ3) is 4.44. The van der Waals surface area contributed by atoms with Crippen LogP contribution in [0.1, 0.15) is 34.4 Å². The second-order valence-electron chi connectivity index (χ2n) is 7.46. The Morgan fingerprint density at radius 2 is 1.97 bits per heavy atom. The number of carbonyl (C=O) groups excluding carboxylic acids is 1. The number of halogens is 3. The van der Waals surface area contributed by atoms with E-state index >= 15 is 0 Å². The van der Waals surface area contributed by atoms with Gasteiger partial charge in [-0.3, -0.25) is 9.69 Å². The third-order valence-electron chi connectivity index (χ3n) is 5.50. The van der Waals surface area contributed by atoms with Crippen LogP contribution in [0.4, 0.5) is 19.0 Å². The number of anilines is 1. The summed E-state index contributed by atoms with van der Waals surface area (Å²) in [5.41, 5.74) is 0.852. The Labute approximate surface area is 172 Å². The summed E-state index contributed by atoms with van der Waals surface area (Å²) in [5, 5.41) is 9.79. The van der Waals surface area contributed by atoms with Gasteiger partial charge in [-0.15, -0.1) is 0 Å². The molecule has 1 amide bonds. The Kier molecular flexibility index (Phi) is 5.96. The highest BCUT2D eigenvalue weighted by Gasteiger charge is 2.47. The molecule has 0 saturated carbocycles. The van der Waals surface area contributed by atoms with Crippen LogP contribution in [0.2, 0.25) is 0 Å². The molecule has 0 bridgehead atoms.